The van der Waals surface area contributed by atoms with Crippen molar-refractivity contribution in [3.8, 4) is 17.0 Å². The van der Waals surface area contributed by atoms with Crippen molar-refractivity contribution in [1.82, 2.24) is 10.3 Å². The summed E-state index contributed by atoms with van der Waals surface area (Å²) < 4.78 is 5.14. The zero-order chi connectivity index (χ0) is 16.9. The number of amides is 1. The molecule has 2 N–H and O–H groups in total. The van der Waals surface area contributed by atoms with E-state index in [-0.39, 0.29) is 11.0 Å². The molecule has 0 atom stereocenters. The number of anilines is 1. The molecule has 3 rings (SSSR count). The molecule has 0 saturated carbocycles. The smallest absolute Gasteiger partial charge is 0.267 e. The van der Waals surface area contributed by atoms with E-state index in [1.54, 1.807) is 13.2 Å². The number of aromatic nitrogens is 1. The highest BCUT2D eigenvalue weighted by Crippen LogP contribution is 2.26. The quantitative estimate of drug-likeness (QED) is 0.675. The number of carbonyl (C=O) groups is 1. The Hall–Kier alpha value is -2.29. The molecule has 122 valence electrons. The lowest BCUT2D eigenvalue weighted by molar-refractivity contribution is 0.0981. The van der Waals surface area contributed by atoms with Crippen LogP contribution in [0.25, 0.3) is 11.3 Å². The fourth-order valence-corrected chi connectivity index (χ4v) is 3.52. The Labute approximate surface area is 152 Å². The third-order valence-corrected chi connectivity index (χ3v) is 4.91. The van der Waals surface area contributed by atoms with Crippen LogP contribution in [0.4, 0.5) is 5.13 Å². The van der Waals surface area contributed by atoms with E-state index >= 15 is 0 Å². The van der Waals surface area contributed by atoms with Crippen LogP contribution in [0, 0.1) is 0 Å². The number of hydrogen-bond acceptors (Lipinski definition) is 6. The number of nitrogens with zero attached hydrogens (tertiary/aromatic N) is 1. The summed E-state index contributed by atoms with van der Waals surface area (Å²) in [6, 6.07) is 11.2. The summed E-state index contributed by atoms with van der Waals surface area (Å²) in [7, 11) is 1.63. The number of nitrogens with one attached hydrogen (secondary N) is 2. The van der Waals surface area contributed by atoms with Gasteiger partial charge in [0, 0.05) is 10.9 Å². The number of thiazole rings is 1. The first-order valence-electron chi connectivity index (χ1n) is 6.91. The normalized spacial score (nSPS) is 10.2. The maximum absolute atomic E-state index is 11.9. The predicted octanol–water partition coefficient (Wildman–Crippen LogP) is 4.01. The number of rotatable bonds is 4. The van der Waals surface area contributed by atoms with Gasteiger partial charge in [0.15, 0.2) is 10.2 Å². The molecule has 24 heavy (non-hydrogen) atoms. The van der Waals surface area contributed by atoms with Gasteiger partial charge in [-0.25, -0.2) is 4.98 Å². The molecular formula is C16H13N3O2S3. The monoisotopic (exact) mass is 375 g/mol. The highest BCUT2D eigenvalue weighted by molar-refractivity contribution is 7.80. The van der Waals surface area contributed by atoms with Gasteiger partial charge in [-0.15, -0.1) is 22.7 Å². The van der Waals surface area contributed by atoms with E-state index in [1.165, 1.54) is 22.7 Å². The van der Waals surface area contributed by atoms with Gasteiger partial charge in [0.05, 0.1) is 17.7 Å². The summed E-state index contributed by atoms with van der Waals surface area (Å²) in [4.78, 5) is 17.0. The van der Waals surface area contributed by atoms with Crippen LogP contribution in [0.2, 0.25) is 0 Å². The van der Waals surface area contributed by atoms with Crippen molar-refractivity contribution in [3.05, 3.63) is 52.0 Å². The molecule has 0 saturated heterocycles. The van der Waals surface area contributed by atoms with Crippen molar-refractivity contribution in [1.29, 1.82) is 0 Å². The molecule has 8 heteroatoms. The minimum absolute atomic E-state index is 0.226. The van der Waals surface area contributed by atoms with Crippen LogP contribution in [0.15, 0.2) is 47.2 Å². The Morgan fingerprint density at radius 2 is 2.00 bits per heavy atom. The molecule has 1 aromatic carbocycles. The van der Waals surface area contributed by atoms with Gasteiger partial charge in [-0.2, -0.15) is 0 Å². The van der Waals surface area contributed by atoms with Gasteiger partial charge < -0.3 is 10.1 Å². The van der Waals surface area contributed by atoms with Crippen LogP contribution >= 0.6 is 34.9 Å². The summed E-state index contributed by atoms with van der Waals surface area (Å²) in [5, 5.41) is 10.2. The number of benzene rings is 1. The van der Waals surface area contributed by atoms with Gasteiger partial charge >= 0.3 is 0 Å². The van der Waals surface area contributed by atoms with Crippen LogP contribution < -0.4 is 15.4 Å². The molecule has 0 radical (unpaired) electrons. The van der Waals surface area contributed by atoms with Gasteiger partial charge in [0.1, 0.15) is 5.75 Å². The van der Waals surface area contributed by atoms with Gasteiger partial charge in [-0.05, 0) is 47.9 Å². The third-order valence-electron chi connectivity index (χ3n) is 3.08. The Kier molecular flexibility index (Phi) is 5.19. The first-order chi connectivity index (χ1) is 11.7. The number of thiophene rings is 1. The van der Waals surface area contributed by atoms with Crippen molar-refractivity contribution in [2.45, 2.75) is 0 Å². The Balaban J connectivity index is 1.63. The molecule has 1 amide bonds. The van der Waals surface area contributed by atoms with E-state index in [0.29, 0.717) is 10.0 Å². The summed E-state index contributed by atoms with van der Waals surface area (Å²) >= 11 is 7.94. The largest absolute Gasteiger partial charge is 0.497 e. The summed E-state index contributed by atoms with van der Waals surface area (Å²) in [6.07, 6.45) is 0. The van der Waals surface area contributed by atoms with Crippen LogP contribution in [-0.4, -0.2) is 23.1 Å². The minimum atomic E-state index is -0.227. The molecule has 0 spiro atoms. The van der Waals surface area contributed by atoms with E-state index in [1.807, 2.05) is 41.1 Å². The van der Waals surface area contributed by atoms with E-state index in [4.69, 9.17) is 17.0 Å². The van der Waals surface area contributed by atoms with Crippen LogP contribution in [-0.2, 0) is 0 Å². The Morgan fingerprint density at radius 1 is 1.21 bits per heavy atom. The highest BCUT2D eigenvalue weighted by atomic mass is 32.1. The average molecular weight is 376 g/mol. The van der Waals surface area contributed by atoms with Crippen molar-refractivity contribution in [2.75, 3.05) is 12.4 Å². The molecule has 2 aromatic heterocycles. The maximum atomic E-state index is 11.9. The number of hydrogen-bond donors (Lipinski definition) is 2. The molecule has 5 nitrogen and oxygen atoms in total. The minimum Gasteiger partial charge on any atom is -0.497 e. The lowest BCUT2D eigenvalue weighted by atomic mass is 10.2. The SMILES string of the molecule is COc1ccc(-c2csc(NC(=S)NC(=O)c3cccs3)n2)cc1. The highest BCUT2D eigenvalue weighted by Gasteiger charge is 2.10. The third kappa shape index (κ3) is 3.97. The van der Waals surface area contributed by atoms with Crippen molar-refractivity contribution < 1.29 is 9.53 Å². The number of methoxy groups -OCH3 is 1. The average Bonchev–Trinajstić information content (AvgIpc) is 3.26. The van der Waals surface area contributed by atoms with Crippen LogP contribution in [0.5, 0.6) is 5.75 Å². The second kappa shape index (κ2) is 7.52. The van der Waals surface area contributed by atoms with Gasteiger partial charge in [-0.1, -0.05) is 6.07 Å². The summed E-state index contributed by atoms with van der Waals surface area (Å²) in [6.45, 7) is 0. The number of thiocarbonyl (C=S) groups is 1. The molecule has 0 aliphatic rings. The zero-order valence-electron chi connectivity index (χ0n) is 12.6. The van der Waals surface area contributed by atoms with Gasteiger partial charge in [-0.3, -0.25) is 10.1 Å². The van der Waals surface area contributed by atoms with Crippen molar-refractivity contribution in [3.63, 3.8) is 0 Å². The van der Waals surface area contributed by atoms with E-state index in [9.17, 15) is 4.79 Å². The fourth-order valence-electron chi connectivity index (χ4n) is 1.93. The maximum Gasteiger partial charge on any atom is 0.267 e. The Morgan fingerprint density at radius 3 is 2.67 bits per heavy atom. The predicted molar refractivity (Wildman–Crippen MR) is 102 cm³/mol. The molecule has 0 aliphatic carbocycles. The second-order valence-corrected chi connectivity index (χ2v) is 6.87. The summed E-state index contributed by atoms with van der Waals surface area (Å²) in [5.41, 5.74) is 1.81. The van der Waals surface area contributed by atoms with Crippen molar-refractivity contribution >= 4 is 51.0 Å². The van der Waals surface area contributed by atoms with Crippen molar-refractivity contribution in [2.24, 2.45) is 0 Å². The molecule has 0 unspecified atom stereocenters. The van der Waals surface area contributed by atoms with Gasteiger partial charge in [0.2, 0.25) is 0 Å². The number of carbonyl (C=O) groups excluding carboxylic acids is 1. The van der Waals surface area contributed by atoms with E-state index in [2.05, 4.69) is 15.6 Å². The van der Waals surface area contributed by atoms with Gasteiger partial charge in [0.25, 0.3) is 5.91 Å². The molecule has 3 aromatic rings. The molecule has 0 aliphatic heterocycles. The Bertz CT molecular complexity index is 842. The molecule has 0 fully saturated rings. The van der Waals surface area contributed by atoms with E-state index < -0.39 is 0 Å². The van der Waals surface area contributed by atoms with Crippen LogP contribution in [0.1, 0.15) is 9.67 Å². The lowest BCUT2D eigenvalue weighted by Crippen LogP contribution is -2.33. The van der Waals surface area contributed by atoms with E-state index in [0.717, 1.165) is 17.0 Å². The first kappa shape index (κ1) is 16.6. The fraction of sp³-hybridized carbons (Fsp3) is 0.0625. The molecular weight excluding hydrogens is 362 g/mol. The molecule has 2 heterocycles. The standard InChI is InChI=1S/C16H13N3O2S3/c1-21-11-6-4-10(5-7-11)12-9-24-16(17-12)19-15(22)18-14(20)13-3-2-8-23-13/h2-9H,1H3,(H2,17,18,19,20,22). The lowest BCUT2D eigenvalue weighted by Gasteiger charge is -2.05. The molecule has 0 bridgehead atoms. The number of ether oxygens (including phenoxy) is 1. The first-order valence-corrected chi connectivity index (χ1v) is 9.08. The van der Waals surface area contributed by atoms with Crippen LogP contribution in [0.3, 0.4) is 0 Å². The summed E-state index contributed by atoms with van der Waals surface area (Å²) in [5.74, 6) is 0.569. The topological polar surface area (TPSA) is 63.2 Å². The zero-order valence-corrected chi connectivity index (χ0v) is 15.1. The second-order valence-electron chi connectivity index (χ2n) is 4.65.